The van der Waals surface area contributed by atoms with Gasteiger partial charge in [0.2, 0.25) is 6.79 Å². The van der Waals surface area contributed by atoms with Crippen LogP contribution in [0.3, 0.4) is 0 Å². The smallest absolute Gasteiger partial charge is 0.261 e. The number of anilines is 2. The summed E-state index contributed by atoms with van der Waals surface area (Å²) < 4.78 is 38.1. The molecule has 0 radical (unpaired) electrons. The van der Waals surface area contributed by atoms with E-state index in [1.54, 1.807) is 61.5 Å². The third kappa shape index (κ3) is 4.02. The van der Waals surface area contributed by atoms with Gasteiger partial charge in [-0.25, -0.2) is 8.42 Å². The van der Waals surface area contributed by atoms with Crippen molar-refractivity contribution in [3.05, 3.63) is 77.9 Å². The molecule has 7 nitrogen and oxygen atoms in total. The molecule has 0 spiro atoms. The SMILES string of the molecule is Cc1cc(C(=O)Nc2ccc3c(c2)OCO3)ccc1NS(=O)(=O)c1ccccc1. The van der Waals surface area contributed by atoms with Crippen LogP contribution in [0, 0.1) is 6.92 Å². The molecule has 0 unspecified atom stereocenters. The van der Waals surface area contributed by atoms with Crippen LogP contribution in [0.5, 0.6) is 11.5 Å². The van der Waals surface area contributed by atoms with Crippen molar-refractivity contribution in [2.45, 2.75) is 11.8 Å². The molecule has 0 atom stereocenters. The standard InChI is InChI=1S/C21H18N2O5S/c1-14-11-15(21(24)22-16-8-10-19-20(12-16)28-13-27-19)7-9-18(14)23-29(25,26)17-5-3-2-4-6-17/h2-12,23H,13H2,1H3,(H,22,24). The van der Waals surface area contributed by atoms with Crippen LogP contribution in [0.25, 0.3) is 0 Å². The minimum Gasteiger partial charge on any atom is -0.454 e. The highest BCUT2D eigenvalue weighted by molar-refractivity contribution is 7.92. The predicted octanol–water partition coefficient (Wildman–Crippen LogP) is 3.78. The largest absolute Gasteiger partial charge is 0.454 e. The number of fused-ring (bicyclic) bond motifs is 1. The first kappa shape index (κ1) is 18.8. The molecule has 1 aliphatic rings. The van der Waals surface area contributed by atoms with Crippen molar-refractivity contribution in [3.63, 3.8) is 0 Å². The number of amides is 1. The fraction of sp³-hybridized carbons (Fsp3) is 0.0952. The lowest BCUT2D eigenvalue weighted by Crippen LogP contribution is -2.15. The molecule has 0 aromatic heterocycles. The third-order valence-corrected chi connectivity index (χ3v) is 5.80. The molecule has 1 aliphatic heterocycles. The lowest BCUT2D eigenvalue weighted by molar-refractivity contribution is 0.102. The number of ether oxygens (including phenoxy) is 2. The average molecular weight is 410 g/mol. The Bertz CT molecular complexity index is 1180. The van der Waals surface area contributed by atoms with Gasteiger partial charge < -0.3 is 14.8 Å². The summed E-state index contributed by atoms with van der Waals surface area (Å²) in [5, 5.41) is 2.80. The second-order valence-corrected chi connectivity index (χ2v) is 8.15. The van der Waals surface area contributed by atoms with Crippen LogP contribution in [-0.2, 0) is 10.0 Å². The van der Waals surface area contributed by atoms with E-state index in [4.69, 9.17) is 9.47 Å². The van der Waals surface area contributed by atoms with E-state index in [-0.39, 0.29) is 17.6 Å². The molecule has 29 heavy (non-hydrogen) atoms. The molecule has 3 aromatic carbocycles. The lowest BCUT2D eigenvalue weighted by Gasteiger charge is -2.12. The number of carbonyl (C=O) groups is 1. The quantitative estimate of drug-likeness (QED) is 0.668. The number of benzene rings is 3. The number of nitrogens with one attached hydrogen (secondary N) is 2. The molecule has 1 amide bonds. The molecule has 2 N–H and O–H groups in total. The second-order valence-electron chi connectivity index (χ2n) is 6.47. The van der Waals surface area contributed by atoms with E-state index in [2.05, 4.69) is 10.0 Å². The fourth-order valence-corrected chi connectivity index (χ4v) is 4.05. The van der Waals surface area contributed by atoms with Gasteiger partial charge >= 0.3 is 0 Å². The van der Waals surface area contributed by atoms with Crippen molar-refractivity contribution >= 4 is 27.3 Å². The first-order valence-electron chi connectivity index (χ1n) is 8.82. The summed E-state index contributed by atoms with van der Waals surface area (Å²) in [6, 6.07) is 18.0. The number of sulfonamides is 1. The molecule has 3 aromatic rings. The monoisotopic (exact) mass is 410 g/mol. The zero-order valence-electron chi connectivity index (χ0n) is 15.5. The Labute approximate surface area is 168 Å². The highest BCUT2D eigenvalue weighted by atomic mass is 32.2. The summed E-state index contributed by atoms with van der Waals surface area (Å²) in [5.74, 6) is 0.892. The van der Waals surface area contributed by atoms with Gasteiger partial charge in [-0.15, -0.1) is 0 Å². The number of rotatable bonds is 5. The zero-order valence-corrected chi connectivity index (χ0v) is 16.3. The van der Waals surface area contributed by atoms with Crippen molar-refractivity contribution in [1.82, 2.24) is 0 Å². The van der Waals surface area contributed by atoms with Crippen LogP contribution in [0.2, 0.25) is 0 Å². The van der Waals surface area contributed by atoms with Crippen LogP contribution in [-0.4, -0.2) is 21.1 Å². The average Bonchev–Trinajstić information content (AvgIpc) is 3.18. The Morgan fingerprint density at radius 3 is 2.45 bits per heavy atom. The second kappa shape index (κ2) is 7.48. The van der Waals surface area contributed by atoms with Crippen LogP contribution in [0.15, 0.2) is 71.6 Å². The Morgan fingerprint density at radius 2 is 1.69 bits per heavy atom. The predicted molar refractivity (Wildman–Crippen MR) is 109 cm³/mol. The highest BCUT2D eigenvalue weighted by Crippen LogP contribution is 2.34. The van der Waals surface area contributed by atoms with Gasteiger partial charge in [0.1, 0.15) is 0 Å². The van der Waals surface area contributed by atoms with Gasteiger partial charge in [-0.3, -0.25) is 9.52 Å². The molecule has 0 fully saturated rings. The van der Waals surface area contributed by atoms with Gasteiger partial charge in [0.15, 0.2) is 11.5 Å². The van der Waals surface area contributed by atoms with Crippen molar-refractivity contribution in [2.24, 2.45) is 0 Å². The molecule has 4 rings (SSSR count). The topological polar surface area (TPSA) is 93.7 Å². The Kier molecular flexibility index (Phi) is 4.85. The number of hydrogen-bond donors (Lipinski definition) is 2. The van der Waals surface area contributed by atoms with E-state index in [9.17, 15) is 13.2 Å². The van der Waals surface area contributed by atoms with Crippen molar-refractivity contribution in [1.29, 1.82) is 0 Å². The maximum atomic E-state index is 12.6. The minimum atomic E-state index is -3.70. The molecule has 0 saturated carbocycles. The minimum absolute atomic E-state index is 0.159. The normalized spacial score (nSPS) is 12.4. The van der Waals surface area contributed by atoms with Gasteiger partial charge in [-0.2, -0.15) is 0 Å². The van der Waals surface area contributed by atoms with Gasteiger partial charge in [-0.05, 0) is 55.0 Å². The number of hydrogen-bond acceptors (Lipinski definition) is 5. The molecule has 0 saturated heterocycles. The Hall–Kier alpha value is -3.52. The molecule has 1 heterocycles. The fourth-order valence-electron chi connectivity index (χ4n) is 2.90. The van der Waals surface area contributed by atoms with Gasteiger partial charge in [-0.1, -0.05) is 18.2 Å². The van der Waals surface area contributed by atoms with E-state index >= 15 is 0 Å². The maximum absolute atomic E-state index is 12.6. The van der Waals surface area contributed by atoms with Crippen LogP contribution in [0.4, 0.5) is 11.4 Å². The van der Waals surface area contributed by atoms with E-state index < -0.39 is 10.0 Å². The number of aryl methyl sites for hydroxylation is 1. The van der Waals surface area contributed by atoms with Crippen LogP contribution in [0.1, 0.15) is 15.9 Å². The molecule has 0 bridgehead atoms. The Balaban J connectivity index is 1.50. The van der Waals surface area contributed by atoms with Crippen LogP contribution >= 0.6 is 0 Å². The van der Waals surface area contributed by atoms with E-state index in [1.165, 1.54) is 12.1 Å². The maximum Gasteiger partial charge on any atom is 0.261 e. The summed E-state index contributed by atoms with van der Waals surface area (Å²) >= 11 is 0. The van der Waals surface area contributed by atoms with Crippen LogP contribution < -0.4 is 19.5 Å². The van der Waals surface area contributed by atoms with Gasteiger partial charge in [0.05, 0.1) is 10.6 Å². The summed E-state index contributed by atoms with van der Waals surface area (Å²) in [6.07, 6.45) is 0. The molecule has 148 valence electrons. The van der Waals surface area contributed by atoms with Crippen molar-refractivity contribution in [2.75, 3.05) is 16.8 Å². The molecular formula is C21H18N2O5S. The zero-order chi connectivity index (χ0) is 20.4. The van der Waals surface area contributed by atoms with E-state index in [1.807, 2.05) is 0 Å². The molecule has 0 aliphatic carbocycles. The summed E-state index contributed by atoms with van der Waals surface area (Å²) in [7, 11) is -3.70. The summed E-state index contributed by atoms with van der Waals surface area (Å²) in [5.41, 5.74) is 2.02. The van der Waals surface area contributed by atoms with Crippen molar-refractivity contribution < 1.29 is 22.7 Å². The van der Waals surface area contributed by atoms with Gasteiger partial charge in [0, 0.05) is 17.3 Å². The first-order chi connectivity index (χ1) is 13.9. The molecule has 8 heteroatoms. The highest BCUT2D eigenvalue weighted by Gasteiger charge is 2.17. The van der Waals surface area contributed by atoms with E-state index in [0.717, 1.165) is 0 Å². The lowest BCUT2D eigenvalue weighted by atomic mass is 10.1. The van der Waals surface area contributed by atoms with E-state index in [0.29, 0.717) is 34.0 Å². The Morgan fingerprint density at radius 1 is 0.931 bits per heavy atom. The van der Waals surface area contributed by atoms with Gasteiger partial charge in [0.25, 0.3) is 15.9 Å². The third-order valence-electron chi connectivity index (χ3n) is 4.42. The molecular weight excluding hydrogens is 392 g/mol. The summed E-state index contributed by atoms with van der Waals surface area (Å²) in [6.45, 7) is 1.90. The first-order valence-corrected chi connectivity index (χ1v) is 10.3. The summed E-state index contributed by atoms with van der Waals surface area (Å²) in [4.78, 5) is 12.7. The number of carbonyl (C=O) groups excluding carboxylic acids is 1. The van der Waals surface area contributed by atoms with Crippen molar-refractivity contribution in [3.8, 4) is 11.5 Å².